The van der Waals surface area contributed by atoms with E-state index in [2.05, 4.69) is 25.0 Å². The number of sulfone groups is 1. The summed E-state index contributed by atoms with van der Waals surface area (Å²) >= 11 is 0. The number of hydrogen-bond acceptors (Lipinski definition) is 10. The minimum absolute atomic E-state index is 0.0187. The number of nitrogens with two attached hydrogens (primary N) is 1. The van der Waals surface area contributed by atoms with Gasteiger partial charge in [-0.05, 0) is 30.3 Å². The third-order valence-electron chi connectivity index (χ3n) is 6.53. The first kappa shape index (κ1) is 23.4. The number of piperazine rings is 1. The van der Waals surface area contributed by atoms with E-state index in [0.717, 1.165) is 32.0 Å². The highest BCUT2D eigenvalue weighted by Crippen LogP contribution is 2.25. The molecule has 2 N–H and O–H groups in total. The first-order chi connectivity index (χ1) is 17.8. The van der Waals surface area contributed by atoms with E-state index < -0.39 is 15.7 Å². The zero-order valence-electron chi connectivity index (χ0n) is 20.0. The van der Waals surface area contributed by atoms with Crippen LogP contribution in [0.4, 0.5) is 16.0 Å². The van der Waals surface area contributed by atoms with Crippen LogP contribution in [0.2, 0.25) is 0 Å². The number of hydrogen-bond donors (Lipinski definition) is 1. The van der Waals surface area contributed by atoms with Crippen LogP contribution in [0, 0.1) is 5.82 Å². The number of aromatic nitrogens is 6. The number of nitrogens with zero attached hydrogens (tertiary/aromatic N) is 8. The van der Waals surface area contributed by atoms with Gasteiger partial charge in [0.2, 0.25) is 11.8 Å². The SMILES string of the molecule is CS(=O)(=O)c1ccc(N2CCN(CCn3cnc4c3nc(N)n3nc(-c5ccco5)nc43)CC2)c(F)c1. The Hall–Kier alpha value is -4.04. The topological polar surface area (TPSA) is 141 Å². The number of fused-ring (bicyclic) bond motifs is 3. The van der Waals surface area contributed by atoms with Gasteiger partial charge in [-0.25, -0.2) is 22.8 Å². The number of halogens is 1. The van der Waals surface area contributed by atoms with Gasteiger partial charge in [0.25, 0.3) is 0 Å². The molecule has 0 saturated carbocycles. The lowest BCUT2D eigenvalue weighted by Crippen LogP contribution is -2.47. The predicted octanol–water partition coefficient (Wildman–Crippen LogP) is 1.68. The second kappa shape index (κ2) is 8.81. The van der Waals surface area contributed by atoms with E-state index in [4.69, 9.17) is 10.2 Å². The fourth-order valence-electron chi connectivity index (χ4n) is 4.54. The Balaban J connectivity index is 1.14. The molecule has 1 aromatic carbocycles. The predicted molar refractivity (Wildman–Crippen MR) is 134 cm³/mol. The maximum Gasteiger partial charge on any atom is 0.225 e. The van der Waals surface area contributed by atoms with Crippen molar-refractivity contribution in [2.24, 2.45) is 0 Å². The van der Waals surface area contributed by atoms with E-state index in [1.54, 1.807) is 24.7 Å². The van der Waals surface area contributed by atoms with E-state index >= 15 is 0 Å². The maximum absolute atomic E-state index is 14.6. The number of anilines is 2. The standard InChI is InChI=1S/C23H24FN9O3S/c1-37(34,35)15-4-5-17(16(24)13-15)31-9-6-30(7-10-31)8-11-32-14-26-19-21(32)28-23(25)33-22(19)27-20(29-33)18-3-2-12-36-18/h2-5,12-14H,6-11H2,1H3,(H2,25,28). The van der Waals surface area contributed by atoms with Crippen molar-refractivity contribution in [3.8, 4) is 11.6 Å². The van der Waals surface area contributed by atoms with Gasteiger partial charge in [-0.1, -0.05) is 0 Å². The lowest BCUT2D eigenvalue weighted by Gasteiger charge is -2.36. The summed E-state index contributed by atoms with van der Waals surface area (Å²) in [6.45, 7) is 4.09. The molecule has 1 aliphatic heterocycles. The second-order valence-electron chi connectivity index (χ2n) is 8.94. The van der Waals surface area contributed by atoms with Crippen molar-refractivity contribution in [1.29, 1.82) is 0 Å². The van der Waals surface area contributed by atoms with Gasteiger partial charge in [-0.15, -0.1) is 5.10 Å². The smallest absolute Gasteiger partial charge is 0.225 e. The Morgan fingerprint density at radius 3 is 2.59 bits per heavy atom. The molecule has 14 heteroatoms. The molecule has 4 aromatic heterocycles. The highest BCUT2D eigenvalue weighted by atomic mass is 32.2. The average Bonchev–Trinajstić information content (AvgIpc) is 3.62. The zero-order chi connectivity index (χ0) is 25.7. The summed E-state index contributed by atoms with van der Waals surface area (Å²) in [4.78, 5) is 17.8. The van der Waals surface area contributed by atoms with Gasteiger partial charge in [0.15, 0.2) is 32.4 Å². The van der Waals surface area contributed by atoms with Gasteiger partial charge < -0.3 is 19.6 Å². The Morgan fingerprint density at radius 1 is 1.08 bits per heavy atom. The van der Waals surface area contributed by atoms with Crippen LogP contribution in [-0.4, -0.2) is 81.4 Å². The van der Waals surface area contributed by atoms with Crippen LogP contribution in [-0.2, 0) is 16.4 Å². The third-order valence-corrected chi connectivity index (χ3v) is 7.64. The van der Waals surface area contributed by atoms with Gasteiger partial charge >= 0.3 is 0 Å². The number of benzene rings is 1. The highest BCUT2D eigenvalue weighted by Gasteiger charge is 2.22. The van der Waals surface area contributed by atoms with Gasteiger partial charge in [0.05, 0.1) is 23.2 Å². The fourth-order valence-corrected chi connectivity index (χ4v) is 5.17. The largest absolute Gasteiger partial charge is 0.461 e. The van der Waals surface area contributed by atoms with Crippen molar-refractivity contribution in [3.63, 3.8) is 0 Å². The molecule has 37 heavy (non-hydrogen) atoms. The molecule has 0 radical (unpaired) electrons. The summed E-state index contributed by atoms with van der Waals surface area (Å²) in [5.41, 5.74) is 8.30. The summed E-state index contributed by atoms with van der Waals surface area (Å²) in [7, 11) is -3.45. The molecule has 1 saturated heterocycles. The molecule has 1 fully saturated rings. The first-order valence-corrected chi connectivity index (χ1v) is 13.5. The summed E-state index contributed by atoms with van der Waals surface area (Å²) in [6, 6.07) is 7.61. The summed E-state index contributed by atoms with van der Waals surface area (Å²) in [6.07, 6.45) is 4.34. The zero-order valence-corrected chi connectivity index (χ0v) is 20.8. The number of rotatable bonds is 6. The molecule has 0 aliphatic carbocycles. The van der Waals surface area contributed by atoms with Crippen molar-refractivity contribution < 1.29 is 17.2 Å². The molecule has 1 aliphatic rings. The Kier molecular flexibility index (Phi) is 5.56. The van der Waals surface area contributed by atoms with E-state index in [1.165, 1.54) is 16.6 Å². The minimum atomic E-state index is -3.45. The Labute approximate surface area is 211 Å². The van der Waals surface area contributed by atoms with Gasteiger partial charge in [-0.3, -0.25) is 4.90 Å². The highest BCUT2D eigenvalue weighted by molar-refractivity contribution is 7.90. The lowest BCUT2D eigenvalue weighted by atomic mass is 10.2. The van der Waals surface area contributed by atoms with E-state index in [-0.39, 0.29) is 10.8 Å². The molecule has 12 nitrogen and oxygen atoms in total. The molecule has 192 valence electrons. The van der Waals surface area contributed by atoms with Crippen LogP contribution < -0.4 is 10.6 Å². The summed E-state index contributed by atoms with van der Waals surface area (Å²) < 4.78 is 46.8. The van der Waals surface area contributed by atoms with Crippen molar-refractivity contribution in [1.82, 2.24) is 34.0 Å². The number of furan rings is 1. The van der Waals surface area contributed by atoms with Gasteiger partial charge in [-0.2, -0.15) is 9.50 Å². The number of nitrogen functional groups attached to an aromatic ring is 1. The lowest BCUT2D eigenvalue weighted by molar-refractivity contribution is 0.248. The van der Waals surface area contributed by atoms with E-state index in [9.17, 15) is 12.8 Å². The molecular formula is C23H24FN9O3S. The summed E-state index contributed by atoms with van der Waals surface area (Å²) in [5.74, 6) is 0.605. The van der Waals surface area contributed by atoms with Crippen LogP contribution >= 0.6 is 0 Å². The van der Waals surface area contributed by atoms with Crippen LogP contribution in [0.1, 0.15) is 0 Å². The van der Waals surface area contributed by atoms with E-state index in [0.29, 0.717) is 53.7 Å². The van der Waals surface area contributed by atoms with Crippen LogP contribution in [0.3, 0.4) is 0 Å². The minimum Gasteiger partial charge on any atom is -0.461 e. The molecule has 0 unspecified atom stereocenters. The summed E-state index contributed by atoms with van der Waals surface area (Å²) in [5, 5.41) is 4.39. The van der Waals surface area contributed by atoms with Crippen LogP contribution in [0.25, 0.3) is 28.4 Å². The Bertz CT molecular complexity index is 1700. The molecular weight excluding hydrogens is 501 g/mol. The monoisotopic (exact) mass is 525 g/mol. The second-order valence-corrected chi connectivity index (χ2v) is 11.0. The molecule has 0 spiro atoms. The van der Waals surface area contributed by atoms with Crippen molar-refractivity contribution >= 4 is 38.3 Å². The van der Waals surface area contributed by atoms with Crippen molar-refractivity contribution in [2.75, 3.05) is 49.6 Å². The Morgan fingerprint density at radius 2 is 1.89 bits per heavy atom. The van der Waals surface area contributed by atoms with E-state index in [1.807, 2.05) is 9.47 Å². The molecule has 6 rings (SSSR count). The van der Waals surface area contributed by atoms with Crippen molar-refractivity contribution in [2.45, 2.75) is 11.4 Å². The molecule has 0 atom stereocenters. The van der Waals surface area contributed by atoms with Gasteiger partial charge in [0, 0.05) is 45.5 Å². The average molecular weight is 526 g/mol. The molecule has 0 bridgehead atoms. The quantitative estimate of drug-likeness (QED) is 0.348. The molecule has 0 amide bonds. The maximum atomic E-state index is 14.6. The molecule has 5 heterocycles. The molecule has 5 aromatic rings. The van der Waals surface area contributed by atoms with Gasteiger partial charge in [0.1, 0.15) is 5.82 Å². The van der Waals surface area contributed by atoms with Crippen molar-refractivity contribution in [3.05, 3.63) is 48.7 Å². The first-order valence-electron chi connectivity index (χ1n) is 11.7. The normalized spacial score (nSPS) is 15.2. The third kappa shape index (κ3) is 4.27. The van der Waals surface area contributed by atoms with Crippen LogP contribution in [0.15, 0.2) is 52.2 Å². The fraction of sp³-hybridized carbons (Fsp3) is 0.304. The number of imidazole rings is 1. The van der Waals surface area contributed by atoms with Crippen LogP contribution in [0.5, 0.6) is 0 Å².